The van der Waals surface area contributed by atoms with Crippen molar-refractivity contribution in [3.8, 4) is 0 Å². The molecule has 0 saturated carbocycles. The topological polar surface area (TPSA) is 40.5 Å². The second-order valence-electron chi connectivity index (χ2n) is 3.86. The van der Waals surface area contributed by atoms with Crippen LogP contribution in [0.1, 0.15) is 24.0 Å². The van der Waals surface area contributed by atoms with E-state index in [0.717, 1.165) is 19.3 Å². The molecule has 0 aliphatic carbocycles. The molecular weight excluding hydrogens is 227 g/mol. The number of benzene rings is 1. The minimum absolute atomic E-state index is 0.419. The molecule has 2 nitrogen and oxygen atoms in total. The molecule has 0 radical (unpaired) electrons. The van der Waals surface area contributed by atoms with Crippen LogP contribution in [0.5, 0.6) is 0 Å². The fraction of sp³-hybridized carbons (Fsp3) is 0.455. The van der Waals surface area contributed by atoms with Crippen molar-refractivity contribution in [2.75, 3.05) is 6.16 Å². The van der Waals surface area contributed by atoms with Gasteiger partial charge in [-0.05, 0) is 31.7 Å². The van der Waals surface area contributed by atoms with E-state index in [1.807, 2.05) is 0 Å². The van der Waals surface area contributed by atoms with Gasteiger partial charge in [0.05, 0.1) is 12.2 Å². The van der Waals surface area contributed by atoms with Crippen LogP contribution in [-0.2, 0) is 6.42 Å². The second-order valence-corrected chi connectivity index (χ2v) is 7.61. The average Bonchev–Trinajstić information content (AvgIpc) is 2.14. The Balaban J connectivity index is 2.23. The fourth-order valence-corrected chi connectivity index (χ4v) is 2.48. The molecule has 0 atom stereocenters. The summed E-state index contributed by atoms with van der Waals surface area (Å²) in [7, 11) is 0. The minimum Gasteiger partial charge on any atom is -0.208 e. The predicted octanol–water partition coefficient (Wildman–Crippen LogP) is 2.99. The number of rotatable bonds is 5. The maximum Gasteiger partial charge on any atom is 0.323 e. The highest BCUT2D eigenvalue weighted by molar-refractivity contribution is 8.48. The molecule has 0 aliphatic heterocycles. The summed E-state index contributed by atoms with van der Waals surface area (Å²) < 4.78 is 0. The summed E-state index contributed by atoms with van der Waals surface area (Å²) in [6, 6.07) is 8.44. The highest BCUT2D eigenvalue weighted by atomic mass is 32.7. The summed E-state index contributed by atoms with van der Waals surface area (Å²) in [5, 5.41) is 0. The van der Waals surface area contributed by atoms with Crippen LogP contribution in [0.15, 0.2) is 24.3 Å². The van der Waals surface area contributed by atoms with Crippen molar-refractivity contribution in [1.82, 2.24) is 0 Å². The van der Waals surface area contributed by atoms with Gasteiger partial charge in [0, 0.05) is 0 Å². The SMILES string of the molecule is Cc1ccc(CCCC[P+](O)(O)S)cc1. The third-order valence-corrected chi connectivity index (χ3v) is 3.81. The Morgan fingerprint density at radius 2 is 1.73 bits per heavy atom. The van der Waals surface area contributed by atoms with Gasteiger partial charge in [-0.25, -0.2) is 9.79 Å². The van der Waals surface area contributed by atoms with Crippen molar-refractivity contribution < 1.29 is 9.79 Å². The van der Waals surface area contributed by atoms with Crippen LogP contribution in [0.2, 0.25) is 0 Å². The van der Waals surface area contributed by atoms with E-state index in [1.165, 1.54) is 11.1 Å². The van der Waals surface area contributed by atoms with E-state index in [1.54, 1.807) is 0 Å². The first kappa shape index (κ1) is 13.0. The normalized spacial score (nSPS) is 11.7. The van der Waals surface area contributed by atoms with E-state index >= 15 is 0 Å². The molecule has 1 aromatic carbocycles. The number of hydrogen-bond acceptors (Lipinski definition) is 3. The van der Waals surface area contributed by atoms with Crippen LogP contribution in [0.4, 0.5) is 0 Å². The van der Waals surface area contributed by atoms with E-state index in [2.05, 4.69) is 43.4 Å². The molecule has 1 rings (SSSR count). The van der Waals surface area contributed by atoms with E-state index in [-0.39, 0.29) is 0 Å². The predicted molar refractivity (Wildman–Crippen MR) is 69.3 cm³/mol. The average molecular weight is 245 g/mol. The van der Waals surface area contributed by atoms with Gasteiger partial charge in [0.2, 0.25) is 0 Å². The third-order valence-electron chi connectivity index (χ3n) is 2.29. The van der Waals surface area contributed by atoms with Gasteiger partial charge in [-0.3, -0.25) is 0 Å². The Bertz CT molecular complexity index is 292. The highest BCUT2D eigenvalue weighted by Gasteiger charge is 2.25. The number of aryl methyl sites for hydroxylation is 2. The van der Waals surface area contributed by atoms with E-state index in [4.69, 9.17) is 9.79 Å². The maximum absolute atomic E-state index is 9.08. The Morgan fingerprint density at radius 1 is 1.13 bits per heavy atom. The number of thiol groups is 1. The Morgan fingerprint density at radius 3 is 2.27 bits per heavy atom. The van der Waals surface area contributed by atoms with Gasteiger partial charge in [-0.2, -0.15) is 0 Å². The minimum atomic E-state index is -2.85. The van der Waals surface area contributed by atoms with Gasteiger partial charge in [-0.15, -0.1) is 0 Å². The van der Waals surface area contributed by atoms with Crippen LogP contribution in [0.3, 0.4) is 0 Å². The Kier molecular flexibility index (Phi) is 5.07. The molecule has 15 heavy (non-hydrogen) atoms. The van der Waals surface area contributed by atoms with Crippen molar-refractivity contribution in [3.63, 3.8) is 0 Å². The number of hydrogen-bond donors (Lipinski definition) is 3. The zero-order chi connectivity index (χ0) is 11.3. The lowest BCUT2D eigenvalue weighted by Gasteiger charge is -2.04. The largest absolute Gasteiger partial charge is 0.323 e. The summed E-state index contributed by atoms with van der Waals surface area (Å²) in [5.74, 6) is 0. The second kappa shape index (κ2) is 5.86. The standard InChI is InChI=1S/C11H18O2PS/c1-10-5-7-11(8-6-10)4-2-3-9-14(12,13)15/h5-8,12-13,15H,2-4,9H2,1H3/q+1. The summed E-state index contributed by atoms with van der Waals surface area (Å²) in [4.78, 5) is 18.2. The first-order valence-corrected chi connectivity index (χ1v) is 8.12. The molecule has 2 N–H and O–H groups in total. The van der Waals surface area contributed by atoms with Crippen molar-refractivity contribution in [2.45, 2.75) is 26.2 Å². The van der Waals surface area contributed by atoms with Gasteiger partial charge in [0.15, 0.2) is 0 Å². The van der Waals surface area contributed by atoms with Crippen LogP contribution in [0, 0.1) is 6.92 Å². The van der Waals surface area contributed by atoms with Gasteiger partial charge in [-0.1, -0.05) is 29.8 Å². The number of unbranched alkanes of at least 4 members (excludes halogenated alkanes) is 1. The van der Waals surface area contributed by atoms with Gasteiger partial charge >= 0.3 is 6.92 Å². The van der Waals surface area contributed by atoms with Crippen molar-refractivity contribution in [3.05, 3.63) is 35.4 Å². The van der Waals surface area contributed by atoms with Gasteiger partial charge in [0.25, 0.3) is 0 Å². The van der Waals surface area contributed by atoms with Crippen molar-refractivity contribution >= 4 is 19.2 Å². The molecule has 0 aromatic heterocycles. The molecule has 4 heteroatoms. The lowest BCUT2D eigenvalue weighted by molar-refractivity contribution is 0.471. The summed E-state index contributed by atoms with van der Waals surface area (Å²) >= 11 is 3.75. The molecule has 0 spiro atoms. The first-order chi connectivity index (χ1) is 6.97. The quantitative estimate of drug-likeness (QED) is 0.424. The zero-order valence-electron chi connectivity index (χ0n) is 8.93. The van der Waals surface area contributed by atoms with Crippen LogP contribution in [0.25, 0.3) is 0 Å². The Hall–Kier alpha value is -0.0800. The lowest BCUT2D eigenvalue weighted by Crippen LogP contribution is -1.92. The molecular formula is C11H18O2PS+. The molecule has 0 unspecified atom stereocenters. The first-order valence-electron chi connectivity index (χ1n) is 5.09. The van der Waals surface area contributed by atoms with E-state index < -0.39 is 6.92 Å². The zero-order valence-corrected chi connectivity index (χ0v) is 10.7. The van der Waals surface area contributed by atoms with E-state index in [0.29, 0.717) is 6.16 Å². The van der Waals surface area contributed by atoms with E-state index in [9.17, 15) is 0 Å². The van der Waals surface area contributed by atoms with Crippen molar-refractivity contribution in [1.29, 1.82) is 0 Å². The van der Waals surface area contributed by atoms with Crippen LogP contribution >= 0.6 is 19.2 Å². The summed E-state index contributed by atoms with van der Waals surface area (Å²) in [5.41, 5.74) is 2.57. The molecule has 0 bridgehead atoms. The summed E-state index contributed by atoms with van der Waals surface area (Å²) in [6.07, 6.45) is 3.21. The molecule has 0 amide bonds. The van der Waals surface area contributed by atoms with Crippen LogP contribution in [-0.4, -0.2) is 15.9 Å². The maximum atomic E-state index is 9.08. The molecule has 0 fully saturated rings. The fourth-order valence-electron chi connectivity index (χ4n) is 1.41. The monoisotopic (exact) mass is 245 g/mol. The molecule has 0 aliphatic rings. The third kappa shape index (κ3) is 6.16. The lowest BCUT2D eigenvalue weighted by atomic mass is 10.1. The summed E-state index contributed by atoms with van der Waals surface area (Å²) in [6.45, 7) is -0.780. The molecule has 1 aromatic rings. The highest BCUT2D eigenvalue weighted by Crippen LogP contribution is 2.55. The van der Waals surface area contributed by atoms with Crippen molar-refractivity contribution in [2.24, 2.45) is 0 Å². The van der Waals surface area contributed by atoms with Gasteiger partial charge < -0.3 is 0 Å². The molecule has 0 saturated heterocycles. The van der Waals surface area contributed by atoms with Crippen LogP contribution < -0.4 is 0 Å². The smallest absolute Gasteiger partial charge is 0.208 e. The molecule has 84 valence electrons. The Labute approximate surface area is 97.0 Å². The molecule has 0 heterocycles. The van der Waals surface area contributed by atoms with Gasteiger partial charge in [0.1, 0.15) is 6.16 Å².